The first-order valence-electron chi connectivity index (χ1n) is 5.67. The van der Waals surface area contributed by atoms with E-state index in [1.807, 2.05) is 0 Å². The lowest BCUT2D eigenvalue weighted by Crippen LogP contribution is -2.19. The van der Waals surface area contributed by atoms with Crippen molar-refractivity contribution in [2.45, 2.75) is 20.8 Å². The van der Waals surface area contributed by atoms with Crippen LogP contribution >= 0.6 is 0 Å². The van der Waals surface area contributed by atoms with E-state index in [2.05, 4.69) is 41.5 Å². The third-order valence-electron chi connectivity index (χ3n) is 2.82. The van der Waals surface area contributed by atoms with Gasteiger partial charge >= 0.3 is 5.69 Å². The Morgan fingerprint density at radius 2 is 2.17 bits per heavy atom. The number of nitrogens with zero attached hydrogens (tertiary/aromatic N) is 3. The van der Waals surface area contributed by atoms with Crippen molar-refractivity contribution < 1.29 is 4.92 Å². The summed E-state index contributed by atoms with van der Waals surface area (Å²) < 4.78 is 0. The summed E-state index contributed by atoms with van der Waals surface area (Å²) in [5.41, 5.74) is 2.10. The molecule has 0 fully saturated rings. The summed E-state index contributed by atoms with van der Waals surface area (Å²) in [7, 11) is 0. The van der Waals surface area contributed by atoms with Gasteiger partial charge in [0, 0.05) is 6.54 Å². The smallest absolute Gasteiger partial charge is 0.329 e. The van der Waals surface area contributed by atoms with E-state index < -0.39 is 4.92 Å². The number of aromatic nitrogens is 2. The number of anilines is 2. The summed E-state index contributed by atoms with van der Waals surface area (Å²) in [4.78, 5) is 18.0. The summed E-state index contributed by atoms with van der Waals surface area (Å²) in [5, 5.41) is 13.8. The molecule has 0 radical (unpaired) electrons. The molecule has 1 atom stereocenters. The van der Waals surface area contributed by atoms with Crippen molar-refractivity contribution in [3.05, 3.63) is 16.3 Å². The third kappa shape index (κ3) is 3.52. The first-order chi connectivity index (χ1) is 8.45. The fourth-order valence-corrected chi connectivity index (χ4v) is 1.20. The maximum Gasteiger partial charge on any atom is 0.329 e. The van der Waals surface area contributed by atoms with Crippen molar-refractivity contribution in [2.24, 2.45) is 17.7 Å². The number of hydrogen-bond donors (Lipinski definition) is 3. The van der Waals surface area contributed by atoms with E-state index in [0.717, 1.165) is 6.20 Å². The Hall–Kier alpha value is -1.96. The van der Waals surface area contributed by atoms with Crippen LogP contribution in [0.3, 0.4) is 0 Å². The lowest BCUT2D eigenvalue weighted by Gasteiger charge is -2.16. The number of nitrogens with one attached hydrogen (secondary N) is 2. The molecular weight excluding hydrogens is 236 g/mol. The monoisotopic (exact) mass is 254 g/mol. The van der Waals surface area contributed by atoms with E-state index in [0.29, 0.717) is 18.4 Å². The Morgan fingerprint density at radius 3 is 2.67 bits per heavy atom. The van der Waals surface area contributed by atoms with Gasteiger partial charge in [0.05, 0.1) is 4.92 Å². The third-order valence-corrected chi connectivity index (χ3v) is 2.82. The molecule has 8 nitrogen and oxygen atoms in total. The summed E-state index contributed by atoms with van der Waals surface area (Å²) in [6, 6.07) is 0. The van der Waals surface area contributed by atoms with E-state index in [1.54, 1.807) is 0 Å². The molecule has 1 aromatic rings. The molecule has 0 aliphatic carbocycles. The molecule has 1 aromatic heterocycles. The predicted octanol–water partition coefficient (Wildman–Crippen LogP) is 1.37. The summed E-state index contributed by atoms with van der Waals surface area (Å²) in [6.07, 6.45) is 1.13. The molecule has 0 spiro atoms. The minimum absolute atomic E-state index is 0.139. The number of hydrogen-bond acceptors (Lipinski definition) is 7. The lowest BCUT2D eigenvalue weighted by molar-refractivity contribution is -0.384. The number of rotatable bonds is 6. The van der Waals surface area contributed by atoms with E-state index in [-0.39, 0.29) is 17.5 Å². The van der Waals surface area contributed by atoms with Crippen molar-refractivity contribution in [3.8, 4) is 0 Å². The topological polar surface area (TPSA) is 119 Å². The van der Waals surface area contributed by atoms with Crippen molar-refractivity contribution >= 4 is 17.5 Å². The number of nitro groups is 1. The quantitative estimate of drug-likeness (QED) is 0.398. The van der Waals surface area contributed by atoms with Gasteiger partial charge in [0.1, 0.15) is 6.20 Å². The van der Waals surface area contributed by atoms with Gasteiger partial charge in [-0.25, -0.2) is 10.8 Å². The predicted molar refractivity (Wildman–Crippen MR) is 69.0 cm³/mol. The van der Waals surface area contributed by atoms with Crippen molar-refractivity contribution in [3.63, 3.8) is 0 Å². The van der Waals surface area contributed by atoms with Gasteiger partial charge in [-0.1, -0.05) is 20.8 Å². The van der Waals surface area contributed by atoms with Crippen LogP contribution in [0.4, 0.5) is 17.5 Å². The second-order valence-corrected chi connectivity index (χ2v) is 4.43. The zero-order valence-electron chi connectivity index (χ0n) is 10.7. The number of hydrazine groups is 1. The largest absolute Gasteiger partial charge is 0.364 e. The van der Waals surface area contributed by atoms with Crippen LogP contribution in [0, 0.1) is 22.0 Å². The van der Waals surface area contributed by atoms with Crippen LogP contribution in [-0.4, -0.2) is 21.4 Å². The molecular formula is C10H18N6O2. The lowest BCUT2D eigenvalue weighted by atomic mass is 9.98. The first-order valence-corrected chi connectivity index (χ1v) is 5.67. The highest BCUT2D eigenvalue weighted by molar-refractivity contribution is 5.56. The Kier molecular flexibility index (Phi) is 4.78. The van der Waals surface area contributed by atoms with Crippen LogP contribution < -0.4 is 16.6 Å². The number of nitrogen functional groups attached to an aromatic ring is 1. The fraction of sp³-hybridized carbons (Fsp3) is 0.600. The van der Waals surface area contributed by atoms with Gasteiger partial charge < -0.3 is 5.32 Å². The van der Waals surface area contributed by atoms with E-state index in [1.165, 1.54) is 0 Å². The Labute approximate surface area is 105 Å². The molecule has 0 saturated carbocycles. The molecule has 1 unspecified atom stereocenters. The van der Waals surface area contributed by atoms with E-state index in [4.69, 9.17) is 5.84 Å². The van der Waals surface area contributed by atoms with Gasteiger partial charge in [0.25, 0.3) is 0 Å². The molecule has 0 bridgehead atoms. The van der Waals surface area contributed by atoms with Gasteiger partial charge in [0.15, 0.2) is 0 Å². The highest BCUT2D eigenvalue weighted by Gasteiger charge is 2.18. The van der Waals surface area contributed by atoms with Crippen LogP contribution in [0.1, 0.15) is 20.8 Å². The van der Waals surface area contributed by atoms with Crippen molar-refractivity contribution in [1.29, 1.82) is 0 Å². The normalized spacial score (nSPS) is 12.3. The zero-order valence-corrected chi connectivity index (χ0v) is 10.7. The Bertz CT molecular complexity index is 423. The minimum Gasteiger partial charge on any atom is -0.364 e. The van der Waals surface area contributed by atoms with Crippen LogP contribution in [-0.2, 0) is 0 Å². The van der Waals surface area contributed by atoms with Gasteiger partial charge in [-0.05, 0) is 11.8 Å². The number of nitrogens with two attached hydrogens (primary N) is 1. The molecule has 18 heavy (non-hydrogen) atoms. The standard InChI is InChI=1S/C10H18N6O2/c1-6(2)7(3)4-12-9-8(16(17)18)5-13-10(14-9)15-11/h5-7H,4,11H2,1-3H3,(H2,12,13,14,15). The first kappa shape index (κ1) is 14.1. The van der Waals surface area contributed by atoms with Gasteiger partial charge in [-0.15, -0.1) is 0 Å². The second kappa shape index (κ2) is 6.10. The van der Waals surface area contributed by atoms with E-state index in [9.17, 15) is 10.1 Å². The molecule has 0 amide bonds. The average molecular weight is 254 g/mol. The van der Waals surface area contributed by atoms with Gasteiger partial charge in [0.2, 0.25) is 11.8 Å². The van der Waals surface area contributed by atoms with E-state index >= 15 is 0 Å². The average Bonchev–Trinajstić information content (AvgIpc) is 2.34. The molecule has 0 aliphatic rings. The SMILES string of the molecule is CC(C)C(C)CNc1nc(NN)ncc1[N+](=O)[O-]. The van der Waals surface area contributed by atoms with Crippen LogP contribution in [0.15, 0.2) is 6.20 Å². The van der Waals surface area contributed by atoms with Gasteiger partial charge in [-0.2, -0.15) is 4.98 Å². The summed E-state index contributed by atoms with van der Waals surface area (Å²) in [5.74, 6) is 6.34. The Balaban J connectivity index is 2.87. The fourth-order valence-electron chi connectivity index (χ4n) is 1.20. The molecule has 1 heterocycles. The highest BCUT2D eigenvalue weighted by atomic mass is 16.6. The molecule has 1 rings (SSSR count). The van der Waals surface area contributed by atoms with Crippen molar-refractivity contribution in [2.75, 3.05) is 17.3 Å². The highest BCUT2D eigenvalue weighted by Crippen LogP contribution is 2.22. The molecule has 8 heteroatoms. The maximum atomic E-state index is 10.8. The van der Waals surface area contributed by atoms with Crippen LogP contribution in [0.5, 0.6) is 0 Å². The zero-order chi connectivity index (χ0) is 13.7. The maximum absolute atomic E-state index is 10.8. The second-order valence-electron chi connectivity index (χ2n) is 4.43. The minimum atomic E-state index is -0.525. The molecule has 0 aliphatic heterocycles. The molecule has 100 valence electrons. The molecule has 4 N–H and O–H groups in total. The Morgan fingerprint density at radius 1 is 1.50 bits per heavy atom. The summed E-state index contributed by atoms with van der Waals surface area (Å²) in [6.45, 7) is 6.84. The summed E-state index contributed by atoms with van der Waals surface area (Å²) >= 11 is 0. The van der Waals surface area contributed by atoms with Gasteiger partial charge in [-0.3, -0.25) is 15.5 Å². The van der Waals surface area contributed by atoms with Crippen LogP contribution in [0.25, 0.3) is 0 Å². The van der Waals surface area contributed by atoms with Crippen molar-refractivity contribution in [1.82, 2.24) is 9.97 Å². The van der Waals surface area contributed by atoms with Crippen LogP contribution in [0.2, 0.25) is 0 Å². The molecule has 0 aromatic carbocycles. The molecule has 0 saturated heterocycles.